The molecule has 3 heteroatoms. The van der Waals surface area contributed by atoms with Gasteiger partial charge in [-0.3, -0.25) is 4.79 Å². The maximum Gasteiger partial charge on any atom is 0.161 e. The van der Waals surface area contributed by atoms with Gasteiger partial charge in [0.2, 0.25) is 0 Å². The molecule has 74 valence electrons. The highest BCUT2D eigenvalue weighted by molar-refractivity contribution is 5.94. The number of aliphatic hydroxyl groups excluding tert-OH is 2. The Morgan fingerprint density at radius 2 is 2.08 bits per heavy atom. The summed E-state index contributed by atoms with van der Waals surface area (Å²) in [7, 11) is 0. The average Bonchev–Trinajstić information content (AvgIpc) is 2.42. The lowest BCUT2D eigenvalue weighted by atomic mass is 9.96. The summed E-state index contributed by atoms with van der Waals surface area (Å²) in [4.78, 5) is 11.2. The molecular formula is C10H16O3. The van der Waals surface area contributed by atoms with Gasteiger partial charge in [-0.15, -0.1) is 0 Å². The van der Waals surface area contributed by atoms with E-state index in [0.29, 0.717) is 0 Å². The molecule has 0 fully saturated rings. The summed E-state index contributed by atoms with van der Waals surface area (Å²) in [6.45, 7) is 0.208. The van der Waals surface area contributed by atoms with Crippen molar-refractivity contribution in [3.63, 3.8) is 0 Å². The Kier molecular flexibility index (Phi) is 4.12. The lowest BCUT2D eigenvalue weighted by Gasteiger charge is -2.11. The third-order valence-corrected chi connectivity index (χ3v) is 2.41. The van der Waals surface area contributed by atoms with E-state index in [1.807, 2.05) is 0 Å². The second-order valence-electron chi connectivity index (χ2n) is 3.43. The minimum Gasteiger partial charge on any atom is -0.396 e. The zero-order valence-electron chi connectivity index (χ0n) is 7.65. The molecule has 2 atom stereocenters. The molecule has 1 aliphatic carbocycles. The van der Waals surface area contributed by atoms with Gasteiger partial charge in [0.25, 0.3) is 0 Å². The smallest absolute Gasteiger partial charge is 0.161 e. The predicted octanol–water partition coefficient (Wildman–Crippen LogP) is 0.655. The molecule has 0 aromatic carbocycles. The second kappa shape index (κ2) is 5.14. The monoisotopic (exact) mass is 184 g/mol. The molecule has 0 aliphatic heterocycles. The minimum atomic E-state index is -0.582. The van der Waals surface area contributed by atoms with Crippen molar-refractivity contribution < 1.29 is 15.0 Å². The van der Waals surface area contributed by atoms with Gasteiger partial charge in [0.05, 0.1) is 12.0 Å². The van der Waals surface area contributed by atoms with Gasteiger partial charge in [0.1, 0.15) is 0 Å². The Morgan fingerprint density at radius 1 is 1.31 bits per heavy atom. The van der Waals surface area contributed by atoms with Crippen LogP contribution in [0.3, 0.4) is 0 Å². The number of rotatable bonds is 5. The third-order valence-electron chi connectivity index (χ3n) is 2.41. The average molecular weight is 184 g/mol. The number of ketones is 1. The van der Waals surface area contributed by atoms with E-state index >= 15 is 0 Å². The first-order valence-corrected chi connectivity index (χ1v) is 4.76. The highest BCUT2D eigenvalue weighted by Gasteiger charge is 2.27. The third kappa shape index (κ3) is 2.94. The molecule has 0 radical (unpaired) electrons. The Hall–Kier alpha value is -0.670. The van der Waals surface area contributed by atoms with Crippen LogP contribution in [0.1, 0.15) is 25.7 Å². The van der Waals surface area contributed by atoms with Gasteiger partial charge >= 0.3 is 0 Å². The predicted molar refractivity (Wildman–Crippen MR) is 49.2 cm³/mol. The minimum absolute atomic E-state index is 0.0384. The molecule has 0 spiro atoms. The largest absolute Gasteiger partial charge is 0.396 e. The van der Waals surface area contributed by atoms with E-state index in [4.69, 9.17) is 5.11 Å². The van der Waals surface area contributed by atoms with Crippen molar-refractivity contribution in [2.75, 3.05) is 6.61 Å². The molecule has 0 bridgehead atoms. The lowest BCUT2D eigenvalue weighted by Crippen LogP contribution is -2.19. The van der Waals surface area contributed by atoms with Crippen LogP contribution in [-0.2, 0) is 4.79 Å². The number of aliphatic hydroxyl groups is 2. The van der Waals surface area contributed by atoms with Crippen LogP contribution in [0.5, 0.6) is 0 Å². The van der Waals surface area contributed by atoms with Crippen molar-refractivity contribution >= 4 is 5.78 Å². The summed E-state index contributed by atoms with van der Waals surface area (Å²) in [6, 6.07) is 0. The topological polar surface area (TPSA) is 57.5 Å². The summed E-state index contributed by atoms with van der Waals surface area (Å²) in [6.07, 6.45) is 5.77. The van der Waals surface area contributed by atoms with E-state index < -0.39 is 6.10 Å². The first kappa shape index (κ1) is 10.4. The number of hydrogen-bond donors (Lipinski definition) is 2. The standard InChI is InChI=1S/C10H16O3/c11-7-3-1-2-4-8-9(12)5-6-10(8)13/h5-6,8-9,11-12H,1-4,7H2. The van der Waals surface area contributed by atoms with Crippen molar-refractivity contribution in [3.8, 4) is 0 Å². The Balaban J connectivity index is 2.18. The van der Waals surface area contributed by atoms with Crippen molar-refractivity contribution in [3.05, 3.63) is 12.2 Å². The summed E-state index contributed by atoms with van der Waals surface area (Å²) in [5, 5.41) is 17.9. The maximum atomic E-state index is 11.2. The zero-order chi connectivity index (χ0) is 9.68. The second-order valence-corrected chi connectivity index (χ2v) is 3.43. The van der Waals surface area contributed by atoms with Gasteiger partial charge in [0, 0.05) is 6.61 Å². The molecule has 3 nitrogen and oxygen atoms in total. The SMILES string of the molecule is O=C1C=CC(O)C1CCCCCO. The maximum absolute atomic E-state index is 11.2. The number of allylic oxidation sites excluding steroid dienone is 1. The van der Waals surface area contributed by atoms with Crippen LogP contribution in [0.2, 0.25) is 0 Å². The van der Waals surface area contributed by atoms with Crippen LogP contribution in [0, 0.1) is 5.92 Å². The molecule has 1 rings (SSSR count). The first-order chi connectivity index (χ1) is 6.25. The van der Waals surface area contributed by atoms with Gasteiger partial charge in [-0.05, 0) is 18.9 Å². The van der Waals surface area contributed by atoms with Gasteiger partial charge in [-0.2, -0.15) is 0 Å². The van der Waals surface area contributed by atoms with Crippen LogP contribution in [0.4, 0.5) is 0 Å². The van der Waals surface area contributed by atoms with Crippen molar-refractivity contribution in [2.24, 2.45) is 5.92 Å². The van der Waals surface area contributed by atoms with Crippen molar-refractivity contribution in [1.29, 1.82) is 0 Å². The Morgan fingerprint density at radius 3 is 2.62 bits per heavy atom. The van der Waals surface area contributed by atoms with Gasteiger partial charge in [-0.1, -0.05) is 18.9 Å². The van der Waals surface area contributed by atoms with E-state index in [1.54, 1.807) is 6.08 Å². The molecule has 0 aromatic heterocycles. The fraction of sp³-hybridized carbons (Fsp3) is 0.700. The quantitative estimate of drug-likeness (QED) is 0.617. The summed E-state index contributed by atoms with van der Waals surface area (Å²) >= 11 is 0. The van der Waals surface area contributed by atoms with E-state index in [1.165, 1.54) is 6.08 Å². The van der Waals surface area contributed by atoms with Crippen LogP contribution >= 0.6 is 0 Å². The summed E-state index contributed by atoms with van der Waals surface area (Å²) in [5.41, 5.74) is 0. The van der Waals surface area contributed by atoms with Crippen molar-refractivity contribution in [2.45, 2.75) is 31.8 Å². The molecule has 1 aliphatic rings. The van der Waals surface area contributed by atoms with E-state index in [2.05, 4.69) is 0 Å². The molecule has 0 aromatic rings. The number of unbranched alkanes of at least 4 members (excludes halogenated alkanes) is 2. The highest BCUT2D eigenvalue weighted by Crippen LogP contribution is 2.21. The fourth-order valence-electron chi connectivity index (χ4n) is 1.59. The van der Waals surface area contributed by atoms with E-state index in [0.717, 1.165) is 25.7 Å². The molecule has 0 amide bonds. The van der Waals surface area contributed by atoms with E-state index in [9.17, 15) is 9.90 Å². The zero-order valence-corrected chi connectivity index (χ0v) is 7.65. The molecule has 2 N–H and O–H groups in total. The lowest BCUT2D eigenvalue weighted by molar-refractivity contribution is -0.119. The summed E-state index contributed by atoms with van der Waals surface area (Å²) < 4.78 is 0. The highest BCUT2D eigenvalue weighted by atomic mass is 16.3. The molecular weight excluding hydrogens is 168 g/mol. The Bertz CT molecular complexity index is 198. The van der Waals surface area contributed by atoms with Gasteiger partial charge in [0.15, 0.2) is 5.78 Å². The van der Waals surface area contributed by atoms with Crippen LogP contribution in [0.15, 0.2) is 12.2 Å². The number of carbonyl (C=O) groups is 1. The number of hydrogen-bond acceptors (Lipinski definition) is 3. The van der Waals surface area contributed by atoms with Crippen molar-refractivity contribution in [1.82, 2.24) is 0 Å². The van der Waals surface area contributed by atoms with Crippen LogP contribution in [-0.4, -0.2) is 28.7 Å². The van der Waals surface area contributed by atoms with Gasteiger partial charge in [-0.25, -0.2) is 0 Å². The molecule has 0 saturated carbocycles. The normalized spacial score (nSPS) is 27.1. The van der Waals surface area contributed by atoms with Crippen LogP contribution in [0.25, 0.3) is 0 Å². The molecule has 2 unspecified atom stereocenters. The first-order valence-electron chi connectivity index (χ1n) is 4.76. The summed E-state index contributed by atoms with van der Waals surface area (Å²) in [5.74, 6) is -0.185. The molecule has 13 heavy (non-hydrogen) atoms. The Labute approximate surface area is 78.1 Å². The van der Waals surface area contributed by atoms with E-state index in [-0.39, 0.29) is 18.3 Å². The molecule has 0 saturated heterocycles. The number of carbonyl (C=O) groups excluding carboxylic acids is 1. The van der Waals surface area contributed by atoms with Crippen LogP contribution < -0.4 is 0 Å². The fourth-order valence-corrected chi connectivity index (χ4v) is 1.59. The molecule has 0 heterocycles. The van der Waals surface area contributed by atoms with Gasteiger partial charge < -0.3 is 10.2 Å².